The summed E-state index contributed by atoms with van der Waals surface area (Å²) in [7, 11) is 0. The van der Waals surface area contributed by atoms with Crippen molar-refractivity contribution in [3.8, 4) is 0 Å². The van der Waals surface area contributed by atoms with Crippen molar-refractivity contribution in [2.45, 2.75) is 18.2 Å². The van der Waals surface area contributed by atoms with Crippen LogP contribution in [0.2, 0.25) is 10.0 Å². The maximum absolute atomic E-state index is 11.6. The van der Waals surface area contributed by atoms with Crippen molar-refractivity contribution < 1.29 is 9.59 Å². The molecule has 0 spiro atoms. The van der Waals surface area contributed by atoms with E-state index in [-0.39, 0.29) is 24.1 Å². The van der Waals surface area contributed by atoms with Crippen molar-refractivity contribution in [3.05, 3.63) is 28.2 Å². The van der Waals surface area contributed by atoms with Crippen LogP contribution in [-0.4, -0.2) is 30.7 Å². The third-order valence-corrected chi connectivity index (χ3v) is 4.00. The fraction of sp³-hybridized carbons (Fsp3) is 0.385. The van der Waals surface area contributed by atoms with Crippen LogP contribution < -0.4 is 10.6 Å². The van der Waals surface area contributed by atoms with Crippen molar-refractivity contribution in [2.75, 3.05) is 18.8 Å². The first-order valence-electron chi connectivity index (χ1n) is 6.14. The number of benzene rings is 1. The fourth-order valence-electron chi connectivity index (χ4n) is 1.29. The van der Waals surface area contributed by atoms with E-state index in [2.05, 4.69) is 10.6 Å². The Bertz CT molecular complexity index is 483. The zero-order valence-corrected chi connectivity index (χ0v) is 13.4. The number of hydrogen-bond acceptors (Lipinski definition) is 3. The van der Waals surface area contributed by atoms with Crippen LogP contribution in [0.15, 0.2) is 23.1 Å². The van der Waals surface area contributed by atoms with Gasteiger partial charge >= 0.3 is 0 Å². The van der Waals surface area contributed by atoms with Gasteiger partial charge in [0.05, 0.1) is 17.3 Å². The molecule has 0 fully saturated rings. The second kappa shape index (κ2) is 9.10. The monoisotopic (exact) mass is 334 g/mol. The maximum atomic E-state index is 11.6. The summed E-state index contributed by atoms with van der Waals surface area (Å²) in [5.41, 5.74) is 0. The number of halogens is 2. The molecule has 0 aliphatic heterocycles. The predicted molar refractivity (Wildman–Crippen MR) is 83.5 cm³/mol. The molecular weight excluding hydrogens is 319 g/mol. The number of carbonyl (C=O) groups is 2. The van der Waals surface area contributed by atoms with Gasteiger partial charge in [0.1, 0.15) is 0 Å². The van der Waals surface area contributed by atoms with E-state index in [4.69, 9.17) is 23.2 Å². The van der Waals surface area contributed by atoms with E-state index < -0.39 is 0 Å². The maximum Gasteiger partial charge on any atom is 0.239 e. The predicted octanol–water partition coefficient (Wildman–Crippen LogP) is 2.73. The third kappa shape index (κ3) is 6.50. The van der Waals surface area contributed by atoms with Crippen molar-refractivity contribution in [2.24, 2.45) is 0 Å². The summed E-state index contributed by atoms with van der Waals surface area (Å²) in [5.74, 6) is -0.232. The van der Waals surface area contributed by atoms with Gasteiger partial charge in [-0.25, -0.2) is 0 Å². The minimum atomic E-state index is -0.224. The first-order chi connectivity index (χ1) is 9.52. The van der Waals surface area contributed by atoms with Gasteiger partial charge in [0, 0.05) is 16.5 Å². The summed E-state index contributed by atoms with van der Waals surface area (Å²) in [6, 6.07) is 5.07. The highest BCUT2D eigenvalue weighted by Gasteiger charge is 2.08. The highest BCUT2D eigenvalue weighted by molar-refractivity contribution is 8.00. The van der Waals surface area contributed by atoms with E-state index in [9.17, 15) is 9.59 Å². The summed E-state index contributed by atoms with van der Waals surface area (Å²) in [4.78, 5) is 23.7. The van der Waals surface area contributed by atoms with Gasteiger partial charge in [-0.05, 0) is 24.6 Å². The molecule has 0 radical (unpaired) electrons. The Morgan fingerprint density at radius 3 is 2.65 bits per heavy atom. The molecule has 1 rings (SSSR count). The molecule has 20 heavy (non-hydrogen) atoms. The fourth-order valence-corrected chi connectivity index (χ4v) is 2.61. The molecule has 110 valence electrons. The minimum Gasteiger partial charge on any atom is -0.355 e. The Kier molecular flexibility index (Phi) is 7.80. The first-order valence-corrected chi connectivity index (χ1v) is 7.88. The van der Waals surface area contributed by atoms with Crippen LogP contribution in [0.25, 0.3) is 0 Å². The Morgan fingerprint density at radius 2 is 1.95 bits per heavy atom. The lowest BCUT2D eigenvalue weighted by Crippen LogP contribution is -2.37. The molecule has 0 aromatic heterocycles. The summed E-state index contributed by atoms with van der Waals surface area (Å²) in [6.07, 6.45) is 0.864. The number of thioether (sulfide) groups is 1. The summed E-state index contributed by atoms with van der Waals surface area (Å²) in [5, 5.41) is 6.34. The van der Waals surface area contributed by atoms with Gasteiger partial charge in [-0.2, -0.15) is 0 Å². The quantitative estimate of drug-likeness (QED) is 0.754. The molecule has 0 heterocycles. The van der Waals surface area contributed by atoms with Gasteiger partial charge in [-0.15, -0.1) is 11.8 Å². The van der Waals surface area contributed by atoms with Gasteiger partial charge in [-0.3, -0.25) is 9.59 Å². The number of rotatable bonds is 7. The molecule has 0 saturated heterocycles. The molecule has 4 nitrogen and oxygen atoms in total. The lowest BCUT2D eigenvalue weighted by atomic mass is 10.4. The van der Waals surface area contributed by atoms with E-state index in [1.54, 1.807) is 18.2 Å². The molecule has 1 aromatic rings. The van der Waals surface area contributed by atoms with Crippen LogP contribution in [0.5, 0.6) is 0 Å². The highest BCUT2D eigenvalue weighted by atomic mass is 35.5. The van der Waals surface area contributed by atoms with E-state index in [0.29, 0.717) is 16.6 Å². The molecular formula is C13H16Cl2N2O2S. The Balaban J connectivity index is 2.33. The smallest absolute Gasteiger partial charge is 0.239 e. The number of nitrogens with one attached hydrogen (secondary N) is 2. The van der Waals surface area contributed by atoms with Gasteiger partial charge in [-0.1, -0.05) is 30.1 Å². The van der Waals surface area contributed by atoms with E-state index in [1.807, 2.05) is 6.92 Å². The Morgan fingerprint density at radius 1 is 1.20 bits per heavy atom. The molecule has 0 saturated carbocycles. The molecule has 0 bridgehead atoms. The van der Waals surface area contributed by atoms with Crippen molar-refractivity contribution in [1.29, 1.82) is 0 Å². The highest BCUT2D eigenvalue weighted by Crippen LogP contribution is 2.29. The molecule has 2 amide bonds. The van der Waals surface area contributed by atoms with E-state index in [0.717, 1.165) is 11.3 Å². The van der Waals surface area contributed by atoms with Crippen LogP contribution in [0, 0.1) is 0 Å². The molecule has 1 aromatic carbocycles. The average Bonchev–Trinajstić information content (AvgIpc) is 2.43. The van der Waals surface area contributed by atoms with Gasteiger partial charge in [0.25, 0.3) is 0 Å². The van der Waals surface area contributed by atoms with Crippen molar-refractivity contribution in [3.63, 3.8) is 0 Å². The van der Waals surface area contributed by atoms with Gasteiger partial charge < -0.3 is 10.6 Å². The Labute approximate surface area is 132 Å². The topological polar surface area (TPSA) is 58.2 Å². The molecule has 0 atom stereocenters. The SMILES string of the molecule is CCCNC(=O)CNC(=O)CSc1cc(Cl)ccc1Cl. The van der Waals surface area contributed by atoms with Gasteiger partial charge in [0.2, 0.25) is 11.8 Å². The zero-order valence-electron chi connectivity index (χ0n) is 11.0. The van der Waals surface area contributed by atoms with Crippen LogP contribution in [0.1, 0.15) is 13.3 Å². The van der Waals surface area contributed by atoms with Crippen LogP contribution >= 0.6 is 35.0 Å². The molecule has 2 N–H and O–H groups in total. The largest absolute Gasteiger partial charge is 0.355 e. The standard InChI is InChI=1S/C13H16Cl2N2O2S/c1-2-5-16-12(18)7-17-13(19)8-20-11-6-9(14)3-4-10(11)15/h3-4,6H,2,5,7-8H2,1H3,(H,16,18)(H,17,19). The van der Waals surface area contributed by atoms with E-state index >= 15 is 0 Å². The number of carbonyl (C=O) groups excluding carboxylic acids is 2. The normalized spacial score (nSPS) is 10.2. The summed E-state index contributed by atoms with van der Waals surface area (Å²) >= 11 is 13.1. The lowest BCUT2D eigenvalue weighted by molar-refractivity contribution is -0.124. The first kappa shape index (κ1) is 17.1. The van der Waals surface area contributed by atoms with Crippen LogP contribution in [-0.2, 0) is 9.59 Å². The Hall–Kier alpha value is -0.910. The van der Waals surface area contributed by atoms with Crippen LogP contribution in [0.3, 0.4) is 0 Å². The van der Waals surface area contributed by atoms with E-state index in [1.165, 1.54) is 11.8 Å². The summed E-state index contributed by atoms with van der Waals surface area (Å²) < 4.78 is 0. The van der Waals surface area contributed by atoms with Crippen LogP contribution in [0.4, 0.5) is 0 Å². The number of amides is 2. The summed E-state index contributed by atoms with van der Waals surface area (Å²) in [6.45, 7) is 2.56. The lowest BCUT2D eigenvalue weighted by Gasteiger charge is -2.07. The molecule has 0 unspecified atom stereocenters. The second-order valence-corrected chi connectivity index (χ2v) is 5.85. The van der Waals surface area contributed by atoms with Crippen molar-refractivity contribution in [1.82, 2.24) is 10.6 Å². The third-order valence-electron chi connectivity index (χ3n) is 2.27. The molecule has 0 aliphatic carbocycles. The van der Waals surface area contributed by atoms with Crippen molar-refractivity contribution >= 4 is 46.8 Å². The van der Waals surface area contributed by atoms with Gasteiger partial charge in [0.15, 0.2) is 0 Å². The molecule has 7 heteroatoms. The molecule has 0 aliphatic rings. The average molecular weight is 335 g/mol. The minimum absolute atomic E-state index is 0.0112. The second-order valence-electron chi connectivity index (χ2n) is 3.99. The number of hydrogen-bond donors (Lipinski definition) is 2. The zero-order chi connectivity index (χ0) is 15.0.